The van der Waals surface area contributed by atoms with Gasteiger partial charge in [-0.3, -0.25) is 5.10 Å². The van der Waals surface area contributed by atoms with E-state index in [2.05, 4.69) is 16.8 Å². The molecule has 2 aromatic carbocycles. The summed E-state index contributed by atoms with van der Waals surface area (Å²) < 4.78 is 0. The number of aromatic hydroxyl groups is 2. The predicted molar refractivity (Wildman–Crippen MR) is 115 cm³/mol. The first kappa shape index (κ1) is 20.2. The first-order valence-corrected chi connectivity index (χ1v) is 9.27. The molecule has 0 fully saturated rings. The maximum Gasteiger partial charge on any atom is 0.115 e. The molecule has 0 saturated carbocycles. The molecule has 0 bridgehead atoms. The van der Waals surface area contributed by atoms with Crippen molar-refractivity contribution in [1.29, 1.82) is 0 Å². The number of aliphatic hydroxyl groups is 1. The molecule has 0 amide bonds. The van der Waals surface area contributed by atoms with Crippen LogP contribution in [0.2, 0.25) is 0 Å². The summed E-state index contributed by atoms with van der Waals surface area (Å²) >= 11 is 0. The smallest absolute Gasteiger partial charge is 0.115 e. The zero-order valence-corrected chi connectivity index (χ0v) is 16.4. The predicted octanol–water partition coefficient (Wildman–Crippen LogP) is 5.27. The molecule has 3 aromatic rings. The third kappa shape index (κ3) is 4.15. The standard InChI is InChI=1S/C24H24N2O3/c1-4-6-15(3)20(5-2)24(29)21-22(16-7-11-18(27)12-8-16)25-26-23(21)17-9-13-19(28)14-10-17/h4-14,24,27-29H,2H2,1,3H3,(H,25,26)/b6-4-,20-15+. The van der Waals surface area contributed by atoms with E-state index < -0.39 is 6.10 Å². The van der Waals surface area contributed by atoms with Crippen LogP contribution in [0.3, 0.4) is 0 Å². The minimum absolute atomic E-state index is 0.153. The van der Waals surface area contributed by atoms with Crippen molar-refractivity contribution < 1.29 is 15.3 Å². The SMILES string of the molecule is C=C/C(=C(C)\C=C/C)C(O)c1c(-c2ccc(O)cc2)n[nH]c1-c1ccc(O)cc1. The Morgan fingerprint density at radius 1 is 1.00 bits per heavy atom. The minimum Gasteiger partial charge on any atom is -0.508 e. The van der Waals surface area contributed by atoms with Crippen molar-refractivity contribution >= 4 is 0 Å². The van der Waals surface area contributed by atoms with E-state index in [-0.39, 0.29) is 11.5 Å². The highest BCUT2D eigenvalue weighted by atomic mass is 16.3. The maximum absolute atomic E-state index is 11.3. The molecule has 0 aliphatic rings. The van der Waals surface area contributed by atoms with E-state index in [9.17, 15) is 15.3 Å². The van der Waals surface area contributed by atoms with Gasteiger partial charge in [-0.2, -0.15) is 5.10 Å². The number of hydrogen-bond acceptors (Lipinski definition) is 4. The van der Waals surface area contributed by atoms with Crippen molar-refractivity contribution in [2.45, 2.75) is 20.0 Å². The van der Waals surface area contributed by atoms with Gasteiger partial charge in [-0.25, -0.2) is 0 Å². The van der Waals surface area contributed by atoms with Crippen LogP contribution in [0.25, 0.3) is 22.5 Å². The highest BCUT2D eigenvalue weighted by molar-refractivity contribution is 5.76. The summed E-state index contributed by atoms with van der Waals surface area (Å²) in [5.41, 5.74) is 4.92. The van der Waals surface area contributed by atoms with E-state index in [1.165, 1.54) is 0 Å². The number of allylic oxidation sites excluding steroid dienone is 3. The molecule has 1 atom stereocenters. The number of rotatable bonds is 6. The van der Waals surface area contributed by atoms with Gasteiger partial charge in [-0.15, -0.1) is 0 Å². The number of benzene rings is 2. The number of nitrogens with zero attached hydrogens (tertiary/aromatic N) is 1. The lowest BCUT2D eigenvalue weighted by Gasteiger charge is -2.17. The molecule has 4 N–H and O–H groups in total. The third-order valence-corrected chi connectivity index (χ3v) is 4.76. The highest BCUT2D eigenvalue weighted by Crippen LogP contribution is 2.39. The van der Waals surface area contributed by atoms with Crippen molar-refractivity contribution in [2.75, 3.05) is 0 Å². The summed E-state index contributed by atoms with van der Waals surface area (Å²) in [6.45, 7) is 7.71. The van der Waals surface area contributed by atoms with Gasteiger partial charge in [-0.05, 0) is 73.5 Å². The van der Waals surface area contributed by atoms with Crippen LogP contribution in [0, 0.1) is 0 Å². The van der Waals surface area contributed by atoms with Gasteiger partial charge in [-0.1, -0.05) is 24.8 Å². The number of nitrogens with one attached hydrogen (secondary N) is 1. The molecule has 5 heteroatoms. The molecule has 0 saturated heterocycles. The van der Waals surface area contributed by atoms with Crippen LogP contribution in [0.1, 0.15) is 25.5 Å². The van der Waals surface area contributed by atoms with Crippen molar-refractivity contribution in [1.82, 2.24) is 10.2 Å². The number of aromatic nitrogens is 2. The molecule has 29 heavy (non-hydrogen) atoms. The lowest BCUT2D eigenvalue weighted by Crippen LogP contribution is -2.04. The molecule has 0 aliphatic heterocycles. The Kier molecular flexibility index (Phi) is 6.00. The van der Waals surface area contributed by atoms with Gasteiger partial charge in [0.15, 0.2) is 0 Å². The fourth-order valence-corrected chi connectivity index (χ4v) is 3.29. The Balaban J connectivity index is 2.24. The summed E-state index contributed by atoms with van der Waals surface area (Å²) in [5, 5.41) is 38.1. The summed E-state index contributed by atoms with van der Waals surface area (Å²) in [5.74, 6) is 0.311. The Bertz CT molecular complexity index is 996. The van der Waals surface area contributed by atoms with Gasteiger partial charge in [0.2, 0.25) is 0 Å². The van der Waals surface area contributed by atoms with Gasteiger partial charge in [0.25, 0.3) is 0 Å². The van der Waals surface area contributed by atoms with Crippen molar-refractivity contribution in [3.63, 3.8) is 0 Å². The molecule has 0 aliphatic carbocycles. The Morgan fingerprint density at radius 2 is 1.55 bits per heavy atom. The van der Waals surface area contributed by atoms with Crippen LogP contribution in [0.15, 0.2) is 84.5 Å². The van der Waals surface area contributed by atoms with E-state index in [1.54, 1.807) is 54.6 Å². The van der Waals surface area contributed by atoms with Crippen LogP contribution >= 0.6 is 0 Å². The Morgan fingerprint density at radius 3 is 2.07 bits per heavy atom. The number of aromatic amines is 1. The fraction of sp³-hybridized carbons (Fsp3) is 0.125. The van der Waals surface area contributed by atoms with E-state index in [4.69, 9.17) is 0 Å². The molecule has 1 heterocycles. The largest absolute Gasteiger partial charge is 0.508 e. The quantitative estimate of drug-likeness (QED) is 0.433. The highest BCUT2D eigenvalue weighted by Gasteiger charge is 2.25. The molecule has 5 nitrogen and oxygen atoms in total. The molecular weight excluding hydrogens is 364 g/mol. The van der Waals surface area contributed by atoms with Gasteiger partial charge >= 0.3 is 0 Å². The number of aliphatic hydroxyl groups excluding tert-OH is 1. The van der Waals surface area contributed by atoms with Gasteiger partial charge < -0.3 is 15.3 Å². The van der Waals surface area contributed by atoms with Crippen LogP contribution < -0.4 is 0 Å². The molecule has 1 aromatic heterocycles. The molecular formula is C24H24N2O3. The summed E-state index contributed by atoms with van der Waals surface area (Å²) in [6.07, 6.45) is 4.49. The van der Waals surface area contributed by atoms with Crippen molar-refractivity contribution in [3.8, 4) is 34.0 Å². The lowest BCUT2D eigenvalue weighted by atomic mass is 9.91. The van der Waals surface area contributed by atoms with E-state index in [0.29, 0.717) is 22.5 Å². The van der Waals surface area contributed by atoms with Crippen molar-refractivity contribution in [2.24, 2.45) is 0 Å². The van der Waals surface area contributed by atoms with Gasteiger partial charge in [0, 0.05) is 16.7 Å². The molecule has 148 valence electrons. The van der Waals surface area contributed by atoms with Crippen LogP contribution in [0.5, 0.6) is 11.5 Å². The number of H-pyrrole nitrogens is 1. The maximum atomic E-state index is 11.3. The zero-order valence-electron chi connectivity index (χ0n) is 16.4. The van der Waals surface area contributed by atoms with Crippen molar-refractivity contribution in [3.05, 3.63) is 90.0 Å². The zero-order chi connectivity index (χ0) is 21.0. The Hall–Kier alpha value is -3.57. The number of phenols is 2. The van der Waals surface area contributed by atoms with Gasteiger partial charge in [0.05, 0.1) is 11.4 Å². The van der Waals surface area contributed by atoms with Crippen LogP contribution in [-0.2, 0) is 0 Å². The molecule has 3 rings (SSSR count). The topological polar surface area (TPSA) is 89.4 Å². The van der Waals surface area contributed by atoms with Gasteiger partial charge in [0.1, 0.15) is 17.6 Å². The van der Waals surface area contributed by atoms with Crippen LogP contribution in [0.4, 0.5) is 0 Å². The molecule has 1 unspecified atom stereocenters. The molecule has 0 spiro atoms. The molecule has 0 radical (unpaired) electrons. The average molecular weight is 388 g/mol. The van der Waals surface area contributed by atoms with E-state index in [1.807, 2.05) is 26.0 Å². The first-order chi connectivity index (χ1) is 14.0. The fourth-order valence-electron chi connectivity index (χ4n) is 3.29. The second-order valence-corrected chi connectivity index (χ2v) is 6.70. The summed E-state index contributed by atoms with van der Waals surface area (Å²) in [4.78, 5) is 0. The first-order valence-electron chi connectivity index (χ1n) is 9.27. The normalized spacial score (nSPS) is 13.3. The summed E-state index contributed by atoms with van der Waals surface area (Å²) in [7, 11) is 0. The number of hydrogen-bond donors (Lipinski definition) is 4. The number of phenolic OH excluding ortho intramolecular Hbond substituents is 2. The monoisotopic (exact) mass is 388 g/mol. The minimum atomic E-state index is -0.977. The van der Waals surface area contributed by atoms with E-state index >= 15 is 0 Å². The van der Waals surface area contributed by atoms with Crippen LogP contribution in [-0.4, -0.2) is 25.5 Å². The average Bonchev–Trinajstić information content (AvgIpc) is 3.15. The Labute approximate surface area is 170 Å². The third-order valence-electron chi connectivity index (χ3n) is 4.76. The van der Waals surface area contributed by atoms with E-state index in [0.717, 1.165) is 16.7 Å². The second kappa shape index (κ2) is 8.63. The second-order valence-electron chi connectivity index (χ2n) is 6.70. The summed E-state index contributed by atoms with van der Waals surface area (Å²) in [6, 6.07) is 13.3. The lowest BCUT2D eigenvalue weighted by molar-refractivity contribution is 0.220.